The lowest BCUT2D eigenvalue weighted by molar-refractivity contribution is -0.668. The highest BCUT2D eigenvalue weighted by atomic mass is 16.6. The van der Waals surface area contributed by atoms with Gasteiger partial charge in [0.15, 0.2) is 0 Å². The molecule has 4 aliphatic rings. The standard InChI is InChI=1S/C20H23NO4/c22-18-17-14-10-12(11-15(14)24-18)16(17)19(23)25-20(6-8-21-9-7-20)13-4-2-1-3-5-13/h1-5,12,14-17,21H,6-11H2/p+1. The molecule has 0 spiro atoms. The van der Waals surface area contributed by atoms with Gasteiger partial charge in [0.05, 0.1) is 24.9 Å². The number of quaternary nitrogens is 1. The average Bonchev–Trinajstić information content (AvgIpc) is 3.25. The van der Waals surface area contributed by atoms with Crippen LogP contribution in [0.15, 0.2) is 30.3 Å². The molecular weight excluding hydrogens is 318 g/mol. The smallest absolute Gasteiger partial charge is 0.311 e. The fourth-order valence-electron chi connectivity index (χ4n) is 5.72. The topological polar surface area (TPSA) is 69.2 Å². The summed E-state index contributed by atoms with van der Waals surface area (Å²) in [6.07, 6.45) is 3.47. The summed E-state index contributed by atoms with van der Waals surface area (Å²) in [7, 11) is 0. The molecule has 0 aromatic heterocycles. The van der Waals surface area contributed by atoms with Crippen molar-refractivity contribution >= 4 is 11.9 Å². The molecule has 2 saturated heterocycles. The minimum Gasteiger partial charge on any atom is -0.462 e. The van der Waals surface area contributed by atoms with Crippen LogP contribution in [0, 0.1) is 23.7 Å². The van der Waals surface area contributed by atoms with E-state index in [1.807, 2.05) is 18.2 Å². The Morgan fingerprint density at radius 1 is 1.16 bits per heavy atom. The Balaban J connectivity index is 1.43. The van der Waals surface area contributed by atoms with Gasteiger partial charge in [-0.1, -0.05) is 30.3 Å². The van der Waals surface area contributed by atoms with Crippen molar-refractivity contribution in [3.63, 3.8) is 0 Å². The van der Waals surface area contributed by atoms with Crippen molar-refractivity contribution in [1.29, 1.82) is 0 Å². The number of ether oxygens (including phenoxy) is 2. The van der Waals surface area contributed by atoms with Gasteiger partial charge in [0, 0.05) is 18.8 Å². The average molecular weight is 342 g/mol. The minimum atomic E-state index is -0.545. The second kappa shape index (κ2) is 5.56. The molecule has 132 valence electrons. The van der Waals surface area contributed by atoms with Crippen LogP contribution >= 0.6 is 0 Å². The molecule has 2 heterocycles. The van der Waals surface area contributed by atoms with Gasteiger partial charge in [0.25, 0.3) is 0 Å². The zero-order valence-corrected chi connectivity index (χ0v) is 14.2. The van der Waals surface area contributed by atoms with Crippen molar-refractivity contribution in [3.8, 4) is 0 Å². The van der Waals surface area contributed by atoms with Crippen molar-refractivity contribution in [2.75, 3.05) is 13.1 Å². The number of piperidine rings is 1. The summed E-state index contributed by atoms with van der Waals surface area (Å²) >= 11 is 0. The van der Waals surface area contributed by atoms with Gasteiger partial charge in [-0.2, -0.15) is 0 Å². The number of benzene rings is 1. The number of rotatable bonds is 3. The quantitative estimate of drug-likeness (QED) is 0.832. The van der Waals surface area contributed by atoms with Gasteiger partial charge in [0.1, 0.15) is 11.7 Å². The zero-order valence-electron chi connectivity index (χ0n) is 14.2. The van der Waals surface area contributed by atoms with Gasteiger partial charge in [-0.3, -0.25) is 9.59 Å². The van der Waals surface area contributed by atoms with Crippen molar-refractivity contribution in [2.45, 2.75) is 37.4 Å². The second-order valence-corrected chi connectivity index (χ2v) is 8.07. The molecule has 5 nitrogen and oxygen atoms in total. The number of hydrogen-bond acceptors (Lipinski definition) is 4. The lowest BCUT2D eigenvalue weighted by atomic mass is 9.79. The Morgan fingerprint density at radius 2 is 1.92 bits per heavy atom. The largest absolute Gasteiger partial charge is 0.462 e. The molecule has 0 radical (unpaired) electrons. The van der Waals surface area contributed by atoms with Crippen LogP contribution in [0.2, 0.25) is 0 Å². The van der Waals surface area contributed by atoms with Gasteiger partial charge in [0.2, 0.25) is 0 Å². The lowest BCUT2D eigenvalue weighted by Gasteiger charge is -2.37. The maximum atomic E-state index is 13.2. The maximum Gasteiger partial charge on any atom is 0.311 e. The summed E-state index contributed by atoms with van der Waals surface area (Å²) in [6.45, 7) is 1.90. The van der Waals surface area contributed by atoms with Crippen molar-refractivity contribution in [1.82, 2.24) is 0 Å². The maximum absolute atomic E-state index is 13.2. The first-order valence-corrected chi connectivity index (χ1v) is 9.48. The Hall–Kier alpha value is -1.88. The van der Waals surface area contributed by atoms with Crippen LogP contribution in [-0.4, -0.2) is 31.1 Å². The fourth-order valence-corrected chi connectivity index (χ4v) is 5.72. The molecular formula is C20H24NO4+. The summed E-state index contributed by atoms with van der Waals surface area (Å²) in [4.78, 5) is 25.4. The SMILES string of the molecule is O=C(OC1(c2ccccc2)CC[NH2+]CC1)C1C2CC3OC(=O)C1C3C2. The van der Waals surface area contributed by atoms with E-state index in [0.29, 0.717) is 0 Å². The molecule has 5 rings (SSSR count). The van der Waals surface area contributed by atoms with Crippen molar-refractivity contribution in [2.24, 2.45) is 23.7 Å². The number of carbonyl (C=O) groups excluding carboxylic acids is 2. The molecule has 0 amide bonds. The predicted molar refractivity (Wildman–Crippen MR) is 88.2 cm³/mol. The summed E-state index contributed by atoms with van der Waals surface area (Å²) in [6, 6.07) is 10.1. The van der Waals surface area contributed by atoms with Crippen molar-refractivity contribution < 1.29 is 24.4 Å². The fraction of sp³-hybridized carbons (Fsp3) is 0.600. The highest BCUT2D eigenvalue weighted by Crippen LogP contribution is 2.58. The van der Waals surface area contributed by atoms with Gasteiger partial charge in [-0.15, -0.1) is 0 Å². The molecule has 2 saturated carbocycles. The van der Waals surface area contributed by atoms with Gasteiger partial charge in [-0.25, -0.2) is 0 Å². The zero-order chi connectivity index (χ0) is 17.0. The number of carbonyl (C=O) groups is 2. The number of fused-ring (bicyclic) bond motifs is 1. The third-order valence-corrected chi connectivity index (χ3v) is 6.86. The molecule has 1 aromatic carbocycles. The normalized spacial score (nSPS) is 37.8. The third-order valence-electron chi connectivity index (χ3n) is 6.86. The van der Waals surface area contributed by atoms with Crippen LogP contribution in [0.1, 0.15) is 31.2 Å². The van der Waals surface area contributed by atoms with E-state index in [-0.39, 0.29) is 41.7 Å². The number of nitrogens with two attached hydrogens (primary N) is 1. The first kappa shape index (κ1) is 15.4. The Bertz CT molecular complexity index is 695. The molecule has 2 aliphatic heterocycles. The lowest BCUT2D eigenvalue weighted by Crippen LogP contribution is -2.87. The van der Waals surface area contributed by atoms with Gasteiger partial charge < -0.3 is 14.8 Å². The van der Waals surface area contributed by atoms with Crippen LogP contribution in [0.5, 0.6) is 0 Å². The molecule has 4 fully saturated rings. The third kappa shape index (κ3) is 2.25. The molecule has 25 heavy (non-hydrogen) atoms. The van der Waals surface area contributed by atoms with Gasteiger partial charge in [-0.05, 0) is 24.3 Å². The van der Waals surface area contributed by atoms with E-state index in [0.717, 1.165) is 44.3 Å². The van der Waals surface area contributed by atoms with Crippen LogP contribution in [0.25, 0.3) is 0 Å². The van der Waals surface area contributed by atoms with Crippen LogP contribution in [0.3, 0.4) is 0 Å². The highest BCUT2D eigenvalue weighted by molar-refractivity contribution is 5.86. The predicted octanol–water partition coefficient (Wildman–Crippen LogP) is 0.980. The molecule has 1 aromatic rings. The van der Waals surface area contributed by atoms with E-state index in [9.17, 15) is 9.59 Å². The summed E-state index contributed by atoms with van der Waals surface area (Å²) in [5.41, 5.74) is 0.531. The minimum absolute atomic E-state index is 0.0546. The molecule has 5 heteroatoms. The first-order valence-electron chi connectivity index (χ1n) is 9.48. The van der Waals surface area contributed by atoms with Crippen LogP contribution in [-0.2, 0) is 24.7 Å². The number of hydrogen-bond donors (Lipinski definition) is 1. The summed E-state index contributed by atoms with van der Waals surface area (Å²) < 4.78 is 11.7. The molecule has 2 N–H and O–H groups in total. The van der Waals surface area contributed by atoms with E-state index >= 15 is 0 Å². The van der Waals surface area contributed by atoms with Crippen molar-refractivity contribution in [3.05, 3.63) is 35.9 Å². The molecule has 5 unspecified atom stereocenters. The number of esters is 2. The summed E-state index contributed by atoms with van der Waals surface area (Å²) in [5.74, 6) is -0.436. The molecule has 2 aliphatic carbocycles. The Morgan fingerprint density at radius 3 is 2.68 bits per heavy atom. The monoisotopic (exact) mass is 342 g/mol. The molecule has 2 bridgehead atoms. The molecule has 5 atom stereocenters. The van der Waals surface area contributed by atoms with E-state index in [1.54, 1.807) is 0 Å². The van der Waals surface area contributed by atoms with Gasteiger partial charge >= 0.3 is 11.9 Å². The summed E-state index contributed by atoms with van der Waals surface area (Å²) in [5, 5.41) is 2.27. The first-order chi connectivity index (χ1) is 12.2. The Kier molecular flexibility index (Phi) is 3.42. The van der Waals surface area contributed by atoms with E-state index in [1.165, 1.54) is 0 Å². The van der Waals surface area contributed by atoms with Crippen LogP contribution < -0.4 is 5.32 Å². The second-order valence-electron chi connectivity index (χ2n) is 8.07. The van der Waals surface area contributed by atoms with E-state index < -0.39 is 5.60 Å². The Labute approximate surface area is 147 Å². The van der Waals surface area contributed by atoms with Crippen LogP contribution in [0.4, 0.5) is 0 Å². The highest BCUT2D eigenvalue weighted by Gasteiger charge is 2.65. The van der Waals surface area contributed by atoms with E-state index in [4.69, 9.17) is 9.47 Å². The van der Waals surface area contributed by atoms with E-state index in [2.05, 4.69) is 17.4 Å².